The van der Waals surface area contributed by atoms with Crippen molar-refractivity contribution in [2.75, 3.05) is 0 Å². The van der Waals surface area contributed by atoms with Gasteiger partial charge in [-0.05, 0) is 60.8 Å². The molecule has 120 valence electrons. The van der Waals surface area contributed by atoms with Gasteiger partial charge >= 0.3 is 0 Å². The summed E-state index contributed by atoms with van der Waals surface area (Å²) in [6, 6.07) is 2.72. The zero-order valence-corrected chi connectivity index (χ0v) is 13.5. The quantitative estimate of drug-likeness (QED) is 0.613. The highest BCUT2D eigenvalue weighted by Crippen LogP contribution is 2.35. The fraction of sp³-hybridized carbons (Fsp3) is 0.600. The standard InChI is InChI=1S/C20H26F2/c1-2-14-3-5-15(6-4-14)7-8-16-9-10-17-12-19(21)20(22)13-18(17)11-16/h11-15H,2-10H2,1H3. The zero-order chi connectivity index (χ0) is 15.5. The molecule has 1 aromatic carbocycles. The molecule has 0 N–H and O–H groups in total. The van der Waals surface area contributed by atoms with Crippen LogP contribution in [0.4, 0.5) is 8.78 Å². The molecule has 2 aliphatic rings. The number of hydrogen-bond acceptors (Lipinski definition) is 0. The summed E-state index contributed by atoms with van der Waals surface area (Å²) in [6.45, 7) is 2.30. The summed E-state index contributed by atoms with van der Waals surface area (Å²) in [4.78, 5) is 0. The summed E-state index contributed by atoms with van der Waals surface area (Å²) in [6.07, 6.45) is 13.2. The van der Waals surface area contributed by atoms with E-state index in [9.17, 15) is 8.78 Å². The summed E-state index contributed by atoms with van der Waals surface area (Å²) < 4.78 is 26.6. The summed E-state index contributed by atoms with van der Waals surface area (Å²) >= 11 is 0. The fourth-order valence-electron chi connectivity index (χ4n) is 4.06. The van der Waals surface area contributed by atoms with E-state index in [2.05, 4.69) is 13.0 Å². The van der Waals surface area contributed by atoms with Crippen LogP contribution in [-0.2, 0) is 6.42 Å². The van der Waals surface area contributed by atoms with Crippen LogP contribution in [0.2, 0.25) is 0 Å². The third-order valence-electron chi connectivity index (χ3n) is 5.67. The molecule has 0 aromatic heterocycles. The van der Waals surface area contributed by atoms with Crippen molar-refractivity contribution in [3.63, 3.8) is 0 Å². The number of benzene rings is 1. The zero-order valence-electron chi connectivity index (χ0n) is 13.5. The van der Waals surface area contributed by atoms with Gasteiger partial charge in [0.1, 0.15) is 0 Å². The average molecular weight is 304 g/mol. The van der Waals surface area contributed by atoms with E-state index >= 15 is 0 Å². The predicted molar refractivity (Wildman–Crippen MR) is 87.6 cm³/mol. The topological polar surface area (TPSA) is 0 Å². The summed E-state index contributed by atoms with van der Waals surface area (Å²) in [5.74, 6) is 0.377. The SMILES string of the molecule is CCC1CCC(CCC2=Cc3cc(F)c(F)cc3CC2)CC1. The summed E-state index contributed by atoms with van der Waals surface area (Å²) in [5, 5.41) is 0. The van der Waals surface area contributed by atoms with Gasteiger partial charge in [0.25, 0.3) is 0 Å². The smallest absolute Gasteiger partial charge is 0.159 e. The lowest BCUT2D eigenvalue weighted by atomic mass is 9.78. The van der Waals surface area contributed by atoms with Gasteiger partial charge in [-0.3, -0.25) is 0 Å². The van der Waals surface area contributed by atoms with E-state index in [4.69, 9.17) is 0 Å². The molecule has 0 aliphatic heterocycles. The first kappa shape index (κ1) is 15.7. The molecule has 0 amide bonds. The van der Waals surface area contributed by atoms with E-state index in [1.165, 1.54) is 56.2 Å². The van der Waals surface area contributed by atoms with Crippen molar-refractivity contribution in [2.24, 2.45) is 11.8 Å². The van der Waals surface area contributed by atoms with Crippen LogP contribution in [0.1, 0.15) is 69.4 Å². The second-order valence-corrected chi connectivity index (χ2v) is 7.10. The Morgan fingerprint density at radius 1 is 0.955 bits per heavy atom. The number of fused-ring (bicyclic) bond motifs is 1. The Kier molecular flexibility index (Phi) is 4.95. The minimum atomic E-state index is -0.728. The van der Waals surface area contributed by atoms with Gasteiger partial charge in [-0.2, -0.15) is 0 Å². The molecule has 1 aromatic rings. The van der Waals surface area contributed by atoms with E-state index in [1.54, 1.807) is 0 Å². The van der Waals surface area contributed by atoms with Crippen molar-refractivity contribution in [2.45, 2.75) is 64.7 Å². The molecule has 2 aliphatic carbocycles. The largest absolute Gasteiger partial charge is 0.204 e. The van der Waals surface area contributed by atoms with Gasteiger partial charge < -0.3 is 0 Å². The van der Waals surface area contributed by atoms with Crippen molar-refractivity contribution in [3.8, 4) is 0 Å². The molecule has 2 heteroatoms. The molecule has 0 heterocycles. The first-order valence-corrected chi connectivity index (χ1v) is 8.83. The molecule has 0 atom stereocenters. The van der Waals surface area contributed by atoms with Gasteiger partial charge in [0.2, 0.25) is 0 Å². The monoisotopic (exact) mass is 304 g/mol. The molecule has 0 saturated heterocycles. The van der Waals surface area contributed by atoms with Gasteiger partial charge in [-0.15, -0.1) is 0 Å². The second-order valence-electron chi connectivity index (χ2n) is 7.10. The number of hydrogen-bond donors (Lipinski definition) is 0. The van der Waals surface area contributed by atoms with Gasteiger partial charge in [0.05, 0.1) is 0 Å². The van der Waals surface area contributed by atoms with Crippen LogP contribution in [0.5, 0.6) is 0 Å². The van der Waals surface area contributed by atoms with Crippen molar-refractivity contribution >= 4 is 6.08 Å². The molecule has 0 spiro atoms. The van der Waals surface area contributed by atoms with Crippen molar-refractivity contribution in [1.29, 1.82) is 0 Å². The van der Waals surface area contributed by atoms with Crippen molar-refractivity contribution in [1.82, 2.24) is 0 Å². The molecular formula is C20H26F2. The Bertz CT molecular complexity index is 551. The van der Waals surface area contributed by atoms with E-state index < -0.39 is 11.6 Å². The number of aryl methyl sites for hydroxylation is 1. The van der Waals surface area contributed by atoms with Crippen molar-refractivity contribution < 1.29 is 8.78 Å². The lowest BCUT2D eigenvalue weighted by Crippen LogP contribution is -2.14. The van der Waals surface area contributed by atoms with Gasteiger partial charge in [0, 0.05) is 0 Å². The van der Waals surface area contributed by atoms with Crippen LogP contribution in [0.15, 0.2) is 17.7 Å². The highest BCUT2D eigenvalue weighted by atomic mass is 19.2. The summed E-state index contributed by atoms with van der Waals surface area (Å²) in [5.41, 5.74) is 3.25. The Balaban J connectivity index is 1.57. The second kappa shape index (κ2) is 6.93. The first-order chi connectivity index (χ1) is 10.7. The lowest BCUT2D eigenvalue weighted by Gasteiger charge is -2.28. The van der Waals surface area contributed by atoms with Crippen LogP contribution in [0.25, 0.3) is 6.08 Å². The molecule has 3 rings (SSSR count). The van der Waals surface area contributed by atoms with Crippen LogP contribution >= 0.6 is 0 Å². The first-order valence-electron chi connectivity index (χ1n) is 8.83. The predicted octanol–water partition coefficient (Wildman–Crippen LogP) is 6.29. The Morgan fingerprint density at radius 2 is 1.64 bits per heavy atom. The van der Waals surface area contributed by atoms with E-state index in [0.717, 1.165) is 42.2 Å². The molecule has 0 radical (unpaired) electrons. The molecule has 1 saturated carbocycles. The number of rotatable bonds is 4. The van der Waals surface area contributed by atoms with E-state index in [1.807, 2.05) is 0 Å². The van der Waals surface area contributed by atoms with Crippen LogP contribution in [0.3, 0.4) is 0 Å². The van der Waals surface area contributed by atoms with Gasteiger partial charge in [-0.1, -0.05) is 50.7 Å². The highest BCUT2D eigenvalue weighted by molar-refractivity contribution is 5.59. The van der Waals surface area contributed by atoms with Gasteiger partial charge in [0.15, 0.2) is 11.6 Å². The number of allylic oxidation sites excluding steroid dienone is 1. The van der Waals surface area contributed by atoms with Crippen molar-refractivity contribution in [3.05, 3.63) is 40.5 Å². The minimum absolute atomic E-state index is 0.719. The fourth-order valence-corrected chi connectivity index (χ4v) is 4.06. The van der Waals surface area contributed by atoms with Crippen LogP contribution in [-0.4, -0.2) is 0 Å². The molecule has 1 fully saturated rings. The van der Waals surface area contributed by atoms with Gasteiger partial charge in [-0.25, -0.2) is 8.78 Å². The average Bonchev–Trinajstić information content (AvgIpc) is 2.54. The Hall–Kier alpha value is -1.18. The lowest BCUT2D eigenvalue weighted by molar-refractivity contribution is 0.258. The van der Waals surface area contributed by atoms with Crippen LogP contribution in [0, 0.1) is 23.5 Å². The minimum Gasteiger partial charge on any atom is -0.204 e. The molecular weight excluding hydrogens is 278 g/mol. The maximum Gasteiger partial charge on any atom is 0.159 e. The maximum absolute atomic E-state index is 13.4. The molecule has 0 nitrogen and oxygen atoms in total. The molecule has 0 unspecified atom stereocenters. The normalized spacial score (nSPS) is 24.8. The maximum atomic E-state index is 13.4. The third kappa shape index (κ3) is 3.59. The molecule has 22 heavy (non-hydrogen) atoms. The Labute approximate surface area is 132 Å². The van der Waals surface area contributed by atoms with E-state index in [-0.39, 0.29) is 0 Å². The summed E-state index contributed by atoms with van der Waals surface area (Å²) in [7, 11) is 0. The van der Waals surface area contributed by atoms with E-state index in [0.29, 0.717) is 0 Å². The third-order valence-corrected chi connectivity index (χ3v) is 5.67. The van der Waals surface area contributed by atoms with Crippen LogP contribution < -0.4 is 0 Å². The Morgan fingerprint density at radius 3 is 2.36 bits per heavy atom. The number of halogens is 2. The molecule has 0 bridgehead atoms. The highest BCUT2D eigenvalue weighted by Gasteiger charge is 2.21.